The summed E-state index contributed by atoms with van der Waals surface area (Å²) in [5, 5.41) is 2.87. The van der Waals surface area contributed by atoms with E-state index in [1.54, 1.807) is 32.4 Å². The summed E-state index contributed by atoms with van der Waals surface area (Å²) in [6.07, 6.45) is 0.998. The fourth-order valence-corrected chi connectivity index (χ4v) is 2.64. The fraction of sp³-hybridized carbons (Fsp3) is 0.263. The van der Waals surface area contributed by atoms with E-state index in [0.717, 1.165) is 16.7 Å². The molecule has 0 atom stereocenters. The Kier molecular flexibility index (Phi) is 4.88. The minimum absolute atomic E-state index is 0.0661. The van der Waals surface area contributed by atoms with Crippen LogP contribution in [-0.4, -0.2) is 25.1 Å². The molecule has 0 aliphatic carbocycles. The number of rotatable bonds is 6. The number of methoxy groups -OCH3 is 2. The van der Waals surface area contributed by atoms with Crippen LogP contribution in [0.15, 0.2) is 40.8 Å². The first-order valence-corrected chi connectivity index (χ1v) is 7.97. The van der Waals surface area contributed by atoms with Crippen LogP contribution in [0.3, 0.4) is 0 Å². The van der Waals surface area contributed by atoms with Crippen LogP contribution in [0.5, 0.6) is 11.5 Å². The van der Waals surface area contributed by atoms with Crippen LogP contribution in [0.1, 0.15) is 17.9 Å². The number of amides is 1. The number of oxazole rings is 1. The minimum atomic E-state index is -0.0661. The predicted molar refractivity (Wildman–Crippen MR) is 95.2 cm³/mol. The van der Waals surface area contributed by atoms with Crippen LogP contribution in [0, 0.1) is 6.92 Å². The summed E-state index contributed by atoms with van der Waals surface area (Å²) in [4.78, 5) is 16.5. The lowest BCUT2D eigenvalue weighted by Crippen LogP contribution is -2.12. The van der Waals surface area contributed by atoms with Crippen LogP contribution >= 0.6 is 0 Å². The maximum absolute atomic E-state index is 12.2. The first-order valence-electron chi connectivity index (χ1n) is 7.97. The molecule has 0 unspecified atom stereocenters. The molecule has 3 aromatic rings. The lowest BCUT2D eigenvalue weighted by molar-refractivity contribution is -0.116. The average molecular weight is 340 g/mol. The molecule has 1 N–H and O–H groups in total. The molecule has 25 heavy (non-hydrogen) atoms. The summed E-state index contributed by atoms with van der Waals surface area (Å²) in [6, 6.07) is 11.1. The molecule has 1 heterocycles. The van der Waals surface area contributed by atoms with E-state index in [1.165, 1.54) is 0 Å². The number of nitrogens with zero attached hydrogens (tertiary/aromatic N) is 1. The lowest BCUT2D eigenvalue weighted by atomic mass is 10.1. The van der Waals surface area contributed by atoms with Gasteiger partial charge in [-0.15, -0.1) is 0 Å². The predicted octanol–water partition coefficient (Wildman–Crippen LogP) is 3.72. The van der Waals surface area contributed by atoms with Gasteiger partial charge in [0.25, 0.3) is 0 Å². The minimum Gasteiger partial charge on any atom is -0.493 e. The normalized spacial score (nSPS) is 10.7. The van der Waals surface area contributed by atoms with Gasteiger partial charge in [0.15, 0.2) is 23.0 Å². The Hall–Kier alpha value is -3.02. The topological polar surface area (TPSA) is 73.6 Å². The third-order valence-corrected chi connectivity index (χ3v) is 3.87. The monoisotopic (exact) mass is 340 g/mol. The quantitative estimate of drug-likeness (QED) is 0.740. The van der Waals surface area contributed by atoms with Gasteiger partial charge < -0.3 is 19.2 Å². The van der Waals surface area contributed by atoms with E-state index < -0.39 is 0 Å². The van der Waals surface area contributed by atoms with Gasteiger partial charge >= 0.3 is 0 Å². The largest absolute Gasteiger partial charge is 0.493 e. The number of hydrogen-bond donors (Lipinski definition) is 1. The molecule has 0 saturated heterocycles. The van der Waals surface area contributed by atoms with Gasteiger partial charge in [-0.2, -0.15) is 0 Å². The van der Waals surface area contributed by atoms with Crippen LogP contribution in [0.2, 0.25) is 0 Å². The maximum atomic E-state index is 12.2. The maximum Gasteiger partial charge on any atom is 0.224 e. The molecule has 1 aromatic heterocycles. The first kappa shape index (κ1) is 16.8. The summed E-state index contributed by atoms with van der Waals surface area (Å²) < 4.78 is 15.9. The highest BCUT2D eigenvalue weighted by Gasteiger charge is 2.09. The van der Waals surface area contributed by atoms with Gasteiger partial charge in [0.1, 0.15) is 5.52 Å². The summed E-state index contributed by atoms with van der Waals surface area (Å²) in [7, 11) is 3.13. The highest BCUT2D eigenvalue weighted by Crippen LogP contribution is 2.29. The number of aryl methyl sites for hydroxylation is 2. The van der Waals surface area contributed by atoms with E-state index in [1.807, 2.05) is 25.1 Å². The van der Waals surface area contributed by atoms with Crippen LogP contribution in [-0.2, 0) is 11.2 Å². The molecule has 6 heteroatoms. The van der Waals surface area contributed by atoms with Crippen LogP contribution in [0.4, 0.5) is 5.69 Å². The molecule has 0 fully saturated rings. The summed E-state index contributed by atoms with van der Waals surface area (Å²) >= 11 is 0. The number of ether oxygens (including phenoxy) is 2. The molecule has 0 saturated carbocycles. The third kappa shape index (κ3) is 3.91. The lowest BCUT2D eigenvalue weighted by Gasteiger charge is -2.10. The standard InChI is InChI=1S/C19H20N2O4/c1-12-20-15-10-13(4-7-16(15)25-12)5-9-19(22)21-14-6-8-17(23-2)18(11-14)24-3/h4,6-8,10-11H,5,9H2,1-3H3,(H,21,22). The molecule has 1 amide bonds. The molecule has 6 nitrogen and oxygen atoms in total. The zero-order valence-corrected chi connectivity index (χ0v) is 14.5. The van der Waals surface area contributed by atoms with E-state index in [9.17, 15) is 4.79 Å². The number of benzene rings is 2. The number of hydrogen-bond acceptors (Lipinski definition) is 5. The molecule has 0 aliphatic heterocycles. The molecule has 0 aliphatic rings. The van der Waals surface area contributed by atoms with Crippen molar-refractivity contribution in [1.82, 2.24) is 4.98 Å². The molecule has 0 spiro atoms. The van der Waals surface area contributed by atoms with Crippen molar-refractivity contribution in [2.75, 3.05) is 19.5 Å². The van der Waals surface area contributed by atoms with Crippen molar-refractivity contribution in [2.24, 2.45) is 0 Å². The van der Waals surface area contributed by atoms with Gasteiger partial charge in [0.05, 0.1) is 14.2 Å². The van der Waals surface area contributed by atoms with Crippen molar-refractivity contribution in [1.29, 1.82) is 0 Å². The van der Waals surface area contributed by atoms with Gasteiger partial charge in [0, 0.05) is 25.1 Å². The number of aromatic nitrogens is 1. The Morgan fingerprint density at radius 1 is 1.12 bits per heavy atom. The zero-order valence-electron chi connectivity index (χ0n) is 14.5. The van der Waals surface area contributed by atoms with E-state index in [-0.39, 0.29) is 5.91 Å². The molecular weight excluding hydrogens is 320 g/mol. The Balaban J connectivity index is 1.62. The summed E-state index contributed by atoms with van der Waals surface area (Å²) in [5.41, 5.74) is 3.29. The van der Waals surface area contributed by atoms with Gasteiger partial charge in [-0.05, 0) is 36.2 Å². The van der Waals surface area contributed by atoms with Gasteiger partial charge in [-0.1, -0.05) is 6.07 Å². The third-order valence-electron chi connectivity index (χ3n) is 3.87. The van der Waals surface area contributed by atoms with E-state index in [4.69, 9.17) is 13.9 Å². The molecule has 2 aromatic carbocycles. The number of anilines is 1. The summed E-state index contributed by atoms with van der Waals surface area (Å²) in [5.74, 6) is 1.77. The molecule has 0 bridgehead atoms. The Labute approximate surface area is 145 Å². The molecule has 0 radical (unpaired) electrons. The number of fused-ring (bicyclic) bond motifs is 1. The van der Waals surface area contributed by atoms with Gasteiger partial charge in [-0.3, -0.25) is 4.79 Å². The van der Waals surface area contributed by atoms with Crippen molar-refractivity contribution in [2.45, 2.75) is 19.8 Å². The zero-order chi connectivity index (χ0) is 17.8. The van der Waals surface area contributed by atoms with Crippen molar-refractivity contribution in [3.05, 3.63) is 47.9 Å². The van der Waals surface area contributed by atoms with Crippen molar-refractivity contribution >= 4 is 22.7 Å². The molecular formula is C19H20N2O4. The van der Waals surface area contributed by atoms with E-state index in [0.29, 0.717) is 35.9 Å². The van der Waals surface area contributed by atoms with Crippen LogP contribution in [0.25, 0.3) is 11.1 Å². The highest BCUT2D eigenvalue weighted by molar-refractivity contribution is 5.91. The second-order valence-electron chi connectivity index (χ2n) is 5.65. The highest BCUT2D eigenvalue weighted by atomic mass is 16.5. The summed E-state index contributed by atoms with van der Waals surface area (Å²) in [6.45, 7) is 1.82. The van der Waals surface area contributed by atoms with Crippen LogP contribution < -0.4 is 14.8 Å². The molecule has 130 valence electrons. The Morgan fingerprint density at radius 2 is 1.92 bits per heavy atom. The van der Waals surface area contributed by atoms with Crippen molar-refractivity contribution in [3.8, 4) is 11.5 Å². The Morgan fingerprint density at radius 3 is 2.68 bits per heavy atom. The smallest absolute Gasteiger partial charge is 0.224 e. The van der Waals surface area contributed by atoms with Gasteiger partial charge in [-0.25, -0.2) is 4.98 Å². The van der Waals surface area contributed by atoms with E-state index >= 15 is 0 Å². The van der Waals surface area contributed by atoms with E-state index in [2.05, 4.69) is 10.3 Å². The first-order chi connectivity index (χ1) is 12.1. The second-order valence-corrected chi connectivity index (χ2v) is 5.65. The van der Waals surface area contributed by atoms with Crippen molar-refractivity contribution in [3.63, 3.8) is 0 Å². The number of carbonyl (C=O) groups excluding carboxylic acids is 1. The SMILES string of the molecule is COc1ccc(NC(=O)CCc2ccc3oc(C)nc3c2)cc1OC. The average Bonchev–Trinajstić information content (AvgIpc) is 2.99. The Bertz CT molecular complexity index is 902. The van der Waals surface area contributed by atoms with Crippen molar-refractivity contribution < 1.29 is 18.7 Å². The number of carbonyl (C=O) groups is 1. The number of nitrogens with one attached hydrogen (secondary N) is 1. The fourth-order valence-electron chi connectivity index (χ4n) is 2.64. The second kappa shape index (κ2) is 7.25. The van der Waals surface area contributed by atoms with Gasteiger partial charge in [0.2, 0.25) is 5.91 Å². The molecule has 3 rings (SSSR count).